The van der Waals surface area contributed by atoms with Crippen molar-refractivity contribution in [1.82, 2.24) is 5.32 Å². The molecule has 0 aromatic carbocycles. The summed E-state index contributed by atoms with van der Waals surface area (Å²) in [4.78, 5) is 0. The molecule has 0 aliphatic carbocycles. The molecular formula is C16H32INO. The maximum atomic E-state index is 8.87. The minimum Gasteiger partial charge on any atom is -0.396 e. The average Bonchev–Trinajstić information content (AvgIpc) is 2.70. The Morgan fingerprint density at radius 2 is 2.00 bits per heavy atom. The van der Waals surface area contributed by atoms with Gasteiger partial charge >= 0.3 is 0 Å². The molecule has 0 saturated carbocycles. The van der Waals surface area contributed by atoms with Crippen molar-refractivity contribution < 1.29 is 5.11 Å². The van der Waals surface area contributed by atoms with Crippen LogP contribution in [0.3, 0.4) is 0 Å². The van der Waals surface area contributed by atoms with Gasteiger partial charge in [0.15, 0.2) is 0 Å². The van der Waals surface area contributed by atoms with Crippen molar-refractivity contribution in [3.05, 3.63) is 0 Å². The fourth-order valence-electron chi connectivity index (χ4n) is 3.34. The molecule has 114 valence electrons. The van der Waals surface area contributed by atoms with Crippen LogP contribution < -0.4 is 5.32 Å². The molecule has 1 saturated heterocycles. The summed E-state index contributed by atoms with van der Waals surface area (Å²) >= 11 is 2.56. The number of hydrogen-bond donors (Lipinski definition) is 2. The zero-order valence-electron chi connectivity index (χ0n) is 12.9. The summed E-state index contributed by atoms with van der Waals surface area (Å²) in [6.07, 6.45) is 7.51. The molecule has 19 heavy (non-hydrogen) atoms. The summed E-state index contributed by atoms with van der Waals surface area (Å²) in [5.41, 5.74) is 0. The molecule has 0 bridgehead atoms. The van der Waals surface area contributed by atoms with Crippen molar-refractivity contribution >= 4 is 22.6 Å². The highest BCUT2D eigenvalue weighted by molar-refractivity contribution is 14.1. The third-order valence-electron chi connectivity index (χ3n) is 4.64. The molecule has 1 rings (SSSR count). The van der Waals surface area contributed by atoms with Crippen molar-refractivity contribution in [3.63, 3.8) is 0 Å². The van der Waals surface area contributed by atoms with Crippen molar-refractivity contribution in [2.75, 3.05) is 11.0 Å². The Kier molecular flexibility index (Phi) is 8.91. The van der Waals surface area contributed by atoms with Crippen LogP contribution >= 0.6 is 22.6 Å². The van der Waals surface area contributed by atoms with Crippen LogP contribution in [0.15, 0.2) is 0 Å². The van der Waals surface area contributed by atoms with Gasteiger partial charge in [-0.05, 0) is 56.8 Å². The molecule has 3 heteroatoms. The summed E-state index contributed by atoms with van der Waals surface area (Å²) in [6.45, 7) is 7.39. The first-order chi connectivity index (χ1) is 9.06. The molecule has 0 aromatic rings. The summed E-state index contributed by atoms with van der Waals surface area (Å²) in [5, 5.41) is 12.6. The molecular weight excluding hydrogens is 349 g/mol. The third-order valence-corrected chi connectivity index (χ3v) is 5.88. The van der Waals surface area contributed by atoms with Crippen LogP contribution in [0.25, 0.3) is 0 Å². The minimum absolute atomic E-state index is 0.349. The monoisotopic (exact) mass is 381 g/mol. The van der Waals surface area contributed by atoms with Gasteiger partial charge in [-0.2, -0.15) is 0 Å². The van der Waals surface area contributed by atoms with Gasteiger partial charge in [0.05, 0.1) is 0 Å². The van der Waals surface area contributed by atoms with Crippen molar-refractivity contribution in [1.29, 1.82) is 0 Å². The van der Waals surface area contributed by atoms with Gasteiger partial charge in [0, 0.05) is 23.1 Å². The first-order valence-electron chi connectivity index (χ1n) is 7.99. The molecule has 1 aliphatic heterocycles. The van der Waals surface area contributed by atoms with Crippen LogP contribution in [-0.2, 0) is 0 Å². The first kappa shape index (κ1) is 17.7. The number of aliphatic hydroxyl groups is 1. The van der Waals surface area contributed by atoms with E-state index in [-0.39, 0.29) is 0 Å². The lowest BCUT2D eigenvalue weighted by Gasteiger charge is -2.23. The van der Waals surface area contributed by atoms with E-state index in [1.807, 2.05) is 0 Å². The second-order valence-electron chi connectivity index (χ2n) is 6.69. The smallest absolute Gasteiger partial charge is 0.0431 e. The van der Waals surface area contributed by atoms with Crippen LogP contribution in [0.4, 0.5) is 0 Å². The van der Waals surface area contributed by atoms with Crippen LogP contribution in [0, 0.1) is 17.8 Å². The molecule has 2 nitrogen and oxygen atoms in total. The van der Waals surface area contributed by atoms with Gasteiger partial charge in [-0.15, -0.1) is 0 Å². The number of alkyl halides is 1. The Bertz CT molecular complexity index is 237. The normalized spacial score (nSPS) is 30.5. The predicted molar refractivity (Wildman–Crippen MR) is 91.9 cm³/mol. The van der Waals surface area contributed by atoms with E-state index in [2.05, 4.69) is 48.7 Å². The van der Waals surface area contributed by atoms with Gasteiger partial charge in [-0.1, -0.05) is 42.9 Å². The summed E-state index contributed by atoms with van der Waals surface area (Å²) in [7, 11) is 0. The van der Waals surface area contributed by atoms with E-state index in [1.165, 1.54) is 36.5 Å². The largest absolute Gasteiger partial charge is 0.396 e. The number of aliphatic hydroxyl groups excluding tert-OH is 1. The molecule has 1 fully saturated rings. The van der Waals surface area contributed by atoms with Gasteiger partial charge in [-0.25, -0.2) is 0 Å². The van der Waals surface area contributed by atoms with E-state index in [1.54, 1.807) is 0 Å². The maximum Gasteiger partial charge on any atom is 0.0431 e. The highest BCUT2D eigenvalue weighted by Crippen LogP contribution is 2.28. The molecule has 0 amide bonds. The van der Waals surface area contributed by atoms with Crippen molar-refractivity contribution in [2.24, 2.45) is 17.8 Å². The van der Waals surface area contributed by atoms with Gasteiger partial charge in [0.2, 0.25) is 0 Å². The van der Waals surface area contributed by atoms with E-state index in [0.29, 0.717) is 12.6 Å². The molecule has 1 heterocycles. The highest BCUT2D eigenvalue weighted by atomic mass is 127. The van der Waals surface area contributed by atoms with Crippen LogP contribution in [-0.4, -0.2) is 28.2 Å². The lowest BCUT2D eigenvalue weighted by molar-refractivity contribution is 0.267. The van der Waals surface area contributed by atoms with E-state index in [9.17, 15) is 0 Å². The van der Waals surface area contributed by atoms with Gasteiger partial charge in [0.1, 0.15) is 0 Å². The second-order valence-corrected chi connectivity index (χ2v) is 7.57. The average molecular weight is 381 g/mol. The van der Waals surface area contributed by atoms with Crippen LogP contribution in [0.5, 0.6) is 0 Å². The Morgan fingerprint density at radius 3 is 2.53 bits per heavy atom. The van der Waals surface area contributed by atoms with E-state index >= 15 is 0 Å². The minimum atomic E-state index is 0.349. The highest BCUT2D eigenvalue weighted by Gasteiger charge is 2.29. The number of halogens is 1. The van der Waals surface area contributed by atoms with E-state index < -0.39 is 0 Å². The Hall–Kier alpha value is 0.650. The lowest BCUT2D eigenvalue weighted by Crippen LogP contribution is -2.32. The molecule has 5 atom stereocenters. The van der Waals surface area contributed by atoms with Crippen molar-refractivity contribution in [2.45, 2.75) is 71.4 Å². The Balaban J connectivity index is 2.25. The zero-order valence-corrected chi connectivity index (χ0v) is 15.0. The number of hydrogen-bond acceptors (Lipinski definition) is 2. The van der Waals surface area contributed by atoms with Crippen LogP contribution in [0.2, 0.25) is 0 Å². The molecule has 1 aliphatic rings. The molecule has 2 N–H and O–H groups in total. The van der Waals surface area contributed by atoms with E-state index in [0.717, 1.165) is 30.2 Å². The van der Waals surface area contributed by atoms with Crippen molar-refractivity contribution in [3.8, 4) is 0 Å². The molecule has 0 aromatic heterocycles. The standard InChI is InChI=1S/C16H32INO/c1-12(5-4-8-19)6-7-15(11-17)10-16-13(2)9-14(3)18-16/h12-16,18-19H,4-11H2,1-3H3. The first-order valence-corrected chi connectivity index (χ1v) is 9.52. The fourth-order valence-corrected chi connectivity index (χ4v) is 4.14. The van der Waals surface area contributed by atoms with E-state index in [4.69, 9.17) is 5.11 Å². The SMILES string of the molecule is CC(CCCO)CCC(CI)CC1NC(C)CC1C. The summed E-state index contributed by atoms with van der Waals surface area (Å²) in [5.74, 6) is 2.47. The quantitative estimate of drug-likeness (QED) is 0.467. The van der Waals surface area contributed by atoms with Gasteiger partial charge in [-0.3, -0.25) is 0 Å². The fraction of sp³-hybridized carbons (Fsp3) is 1.00. The second kappa shape index (κ2) is 9.56. The number of nitrogens with one attached hydrogen (secondary N) is 1. The number of rotatable bonds is 9. The van der Waals surface area contributed by atoms with Crippen LogP contribution in [0.1, 0.15) is 59.3 Å². The third kappa shape index (κ3) is 6.76. The predicted octanol–water partition coefficient (Wildman–Crippen LogP) is 4.00. The van der Waals surface area contributed by atoms with Gasteiger partial charge in [0.25, 0.3) is 0 Å². The lowest BCUT2D eigenvalue weighted by atomic mass is 9.88. The summed E-state index contributed by atoms with van der Waals surface area (Å²) in [6, 6.07) is 1.45. The summed E-state index contributed by atoms with van der Waals surface area (Å²) < 4.78 is 1.28. The van der Waals surface area contributed by atoms with Gasteiger partial charge < -0.3 is 10.4 Å². The maximum absolute atomic E-state index is 8.87. The zero-order chi connectivity index (χ0) is 14.3. The molecule has 5 unspecified atom stereocenters. The molecule has 0 spiro atoms. The Morgan fingerprint density at radius 1 is 1.26 bits per heavy atom. The molecule has 0 radical (unpaired) electrons. The Labute approximate surface area is 133 Å². The topological polar surface area (TPSA) is 32.3 Å².